The van der Waals surface area contributed by atoms with Crippen molar-refractivity contribution in [3.8, 4) is 6.01 Å². The summed E-state index contributed by atoms with van der Waals surface area (Å²) in [6.45, 7) is 9.02. The van der Waals surface area contributed by atoms with Crippen molar-refractivity contribution in [2.24, 2.45) is 5.92 Å². The van der Waals surface area contributed by atoms with Gasteiger partial charge in [-0.25, -0.2) is 4.98 Å². The van der Waals surface area contributed by atoms with E-state index >= 15 is 0 Å². The van der Waals surface area contributed by atoms with Gasteiger partial charge in [-0.2, -0.15) is 4.98 Å². The van der Waals surface area contributed by atoms with Crippen molar-refractivity contribution in [2.75, 3.05) is 26.9 Å². The molecule has 102 valence electrons. The fourth-order valence-electron chi connectivity index (χ4n) is 1.46. The molecule has 0 radical (unpaired) electrons. The summed E-state index contributed by atoms with van der Waals surface area (Å²) in [6.07, 6.45) is 0. The zero-order valence-corrected chi connectivity index (χ0v) is 11.7. The first-order valence-corrected chi connectivity index (χ1v) is 6.29. The summed E-state index contributed by atoms with van der Waals surface area (Å²) in [5.74, 6) is 0.630. The number of ether oxygens (including phenoxy) is 2. The highest BCUT2D eigenvalue weighted by molar-refractivity contribution is 5.12. The van der Waals surface area contributed by atoms with Crippen LogP contribution in [-0.2, 0) is 11.3 Å². The third-order valence-corrected chi connectivity index (χ3v) is 2.26. The molecule has 0 saturated carbocycles. The highest BCUT2D eigenvalue weighted by Crippen LogP contribution is 2.07. The van der Waals surface area contributed by atoms with Crippen LogP contribution in [0.1, 0.15) is 25.2 Å². The molecule has 0 amide bonds. The van der Waals surface area contributed by atoms with Crippen LogP contribution >= 0.6 is 0 Å². The molecular formula is C13H23N3O2. The summed E-state index contributed by atoms with van der Waals surface area (Å²) in [6, 6.07) is 2.39. The molecule has 5 nitrogen and oxygen atoms in total. The molecule has 1 rings (SSSR count). The van der Waals surface area contributed by atoms with Gasteiger partial charge in [0.25, 0.3) is 0 Å². The number of nitrogens with zero attached hydrogens (tertiary/aromatic N) is 2. The van der Waals surface area contributed by atoms with E-state index in [1.807, 2.05) is 13.0 Å². The molecule has 18 heavy (non-hydrogen) atoms. The first-order valence-electron chi connectivity index (χ1n) is 6.29. The maximum absolute atomic E-state index is 5.42. The molecule has 1 N–H and O–H groups in total. The predicted molar refractivity (Wildman–Crippen MR) is 70.7 cm³/mol. The van der Waals surface area contributed by atoms with Gasteiger partial charge in [0.05, 0.1) is 12.3 Å². The van der Waals surface area contributed by atoms with E-state index < -0.39 is 0 Å². The molecule has 0 aliphatic carbocycles. The quantitative estimate of drug-likeness (QED) is 0.712. The van der Waals surface area contributed by atoms with E-state index in [0.29, 0.717) is 25.1 Å². The van der Waals surface area contributed by atoms with Crippen LogP contribution in [0.5, 0.6) is 6.01 Å². The number of aryl methyl sites for hydroxylation is 1. The molecular weight excluding hydrogens is 230 g/mol. The number of hydrogen-bond donors (Lipinski definition) is 1. The number of hydrogen-bond acceptors (Lipinski definition) is 5. The van der Waals surface area contributed by atoms with Gasteiger partial charge in [-0.05, 0) is 25.5 Å². The standard InChI is InChI=1S/C13H23N3O2/c1-10(2)8-14-9-12-7-11(3)15-13(16-12)18-6-5-17-4/h7,10,14H,5-6,8-9H2,1-4H3. The lowest BCUT2D eigenvalue weighted by Crippen LogP contribution is -2.20. The largest absolute Gasteiger partial charge is 0.461 e. The highest BCUT2D eigenvalue weighted by Gasteiger charge is 2.03. The molecule has 0 aromatic carbocycles. The lowest BCUT2D eigenvalue weighted by atomic mass is 10.2. The number of methoxy groups -OCH3 is 1. The lowest BCUT2D eigenvalue weighted by Gasteiger charge is -2.09. The van der Waals surface area contributed by atoms with E-state index in [-0.39, 0.29) is 0 Å². The molecule has 0 aliphatic rings. The average molecular weight is 253 g/mol. The van der Waals surface area contributed by atoms with Crippen LogP contribution in [0.2, 0.25) is 0 Å². The van der Waals surface area contributed by atoms with Gasteiger partial charge in [0.1, 0.15) is 6.61 Å². The van der Waals surface area contributed by atoms with Gasteiger partial charge in [0.15, 0.2) is 0 Å². The fourth-order valence-corrected chi connectivity index (χ4v) is 1.46. The van der Waals surface area contributed by atoms with Crippen LogP contribution < -0.4 is 10.1 Å². The summed E-state index contributed by atoms with van der Waals surface area (Å²) in [5.41, 5.74) is 1.87. The Labute approximate surface area is 109 Å². The molecule has 1 aromatic heterocycles. The third-order valence-electron chi connectivity index (χ3n) is 2.26. The maximum atomic E-state index is 5.42. The topological polar surface area (TPSA) is 56.3 Å². The van der Waals surface area contributed by atoms with Crippen LogP contribution in [0, 0.1) is 12.8 Å². The summed E-state index contributed by atoms with van der Waals surface area (Å²) in [7, 11) is 1.64. The molecule has 0 atom stereocenters. The second kappa shape index (κ2) is 8.00. The van der Waals surface area contributed by atoms with E-state index in [1.54, 1.807) is 7.11 Å². The fraction of sp³-hybridized carbons (Fsp3) is 0.692. The summed E-state index contributed by atoms with van der Waals surface area (Å²) < 4.78 is 10.3. The summed E-state index contributed by atoms with van der Waals surface area (Å²) in [5, 5.41) is 3.35. The minimum atomic E-state index is 0.424. The first-order chi connectivity index (χ1) is 8.61. The zero-order valence-electron chi connectivity index (χ0n) is 11.7. The normalized spacial score (nSPS) is 10.9. The molecule has 0 bridgehead atoms. The van der Waals surface area contributed by atoms with Crippen molar-refractivity contribution >= 4 is 0 Å². The predicted octanol–water partition coefficient (Wildman–Crippen LogP) is 1.56. The Morgan fingerprint density at radius 2 is 2.06 bits per heavy atom. The Hall–Kier alpha value is -1.20. The molecule has 1 aromatic rings. The summed E-state index contributed by atoms with van der Waals surface area (Å²) in [4.78, 5) is 8.58. The van der Waals surface area contributed by atoms with Crippen molar-refractivity contribution in [3.05, 3.63) is 17.5 Å². The maximum Gasteiger partial charge on any atom is 0.316 e. The van der Waals surface area contributed by atoms with E-state index in [0.717, 1.165) is 24.5 Å². The van der Waals surface area contributed by atoms with Gasteiger partial charge in [-0.3, -0.25) is 0 Å². The Morgan fingerprint density at radius 3 is 2.72 bits per heavy atom. The Kier molecular flexibility index (Phi) is 6.60. The molecule has 1 heterocycles. The van der Waals surface area contributed by atoms with Gasteiger partial charge >= 0.3 is 6.01 Å². The van der Waals surface area contributed by atoms with Crippen LogP contribution in [0.15, 0.2) is 6.07 Å². The summed E-state index contributed by atoms with van der Waals surface area (Å²) >= 11 is 0. The monoisotopic (exact) mass is 253 g/mol. The Morgan fingerprint density at radius 1 is 1.28 bits per heavy atom. The molecule has 0 fully saturated rings. The van der Waals surface area contributed by atoms with Crippen molar-refractivity contribution < 1.29 is 9.47 Å². The van der Waals surface area contributed by atoms with Gasteiger partial charge in [0.2, 0.25) is 0 Å². The molecule has 0 spiro atoms. The van der Waals surface area contributed by atoms with Crippen LogP contribution in [0.25, 0.3) is 0 Å². The van der Waals surface area contributed by atoms with E-state index in [1.165, 1.54) is 0 Å². The van der Waals surface area contributed by atoms with Crippen LogP contribution in [0.4, 0.5) is 0 Å². The SMILES string of the molecule is COCCOc1nc(C)cc(CNCC(C)C)n1. The van der Waals surface area contributed by atoms with Gasteiger partial charge in [-0.1, -0.05) is 13.8 Å². The average Bonchev–Trinajstić information content (AvgIpc) is 2.28. The van der Waals surface area contributed by atoms with Crippen LogP contribution in [0.3, 0.4) is 0 Å². The van der Waals surface area contributed by atoms with Gasteiger partial charge < -0.3 is 14.8 Å². The second-order valence-electron chi connectivity index (χ2n) is 4.65. The highest BCUT2D eigenvalue weighted by atomic mass is 16.5. The van der Waals surface area contributed by atoms with Gasteiger partial charge in [-0.15, -0.1) is 0 Å². The van der Waals surface area contributed by atoms with Crippen molar-refractivity contribution in [3.63, 3.8) is 0 Å². The number of nitrogens with one attached hydrogen (secondary N) is 1. The Bertz CT molecular complexity index is 356. The van der Waals surface area contributed by atoms with Crippen molar-refractivity contribution in [2.45, 2.75) is 27.3 Å². The zero-order chi connectivity index (χ0) is 13.4. The van der Waals surface area contributed by atoms with E-state index in [2.05, 4.69) is 29.1 Å². The molecule has 0 saturated heterocycles. The third kappa shape index (κ3) is 5.93. The van der Waals surface area contributed by atoms with Crippen molar-refractivity contribution in [1.29, 1.82) is 0 Å². The molecule has 0 aliphatic heterocycles. The van der Waals surface area contributed by atoms with Crippen molar-refractivity contribution in [1.82, 2.24) is 15.3 Å². The van der Waals surface area contributed by atoms with Gasteiger partial charge in [0, 0.05) is 19.3 Å². The van der Waals surface area contributed by atoms with Crippen LogP contribution in [-0.4, -0.2) is 36.8 Å². The van der Waals surface area contributed by atoms with E-state index in [4.69, 9.17) is 9.47 Å². The van der Waals surface area contributed by atoms with E-state index in [9.17, 15) is 0 Å². The molecule has 0 unspecified atom stereocenters. The number of aromatic nitrogens is 2. The molecule has 5 heteroatoms. The Balaban J connectivity index is 2.51. The minimum absolute atomic E-state index is 0.424. The minimum Gasteiger partial charge on any atom is -0.461 e. The number of rotatable bonds is 8. The second-order valence-corrected chi connectivity index (χ2v) is 4.65. The first kappa shape index (κ1) is 14.9. The smallest absolute Gasteiger partial charge is 0.316 e. The lowest BCUT2D eigenvalue weighted by molar-refractivity contribution is 0.140.